The molecule has 1 aromatic heterocycles. The summed E-state index contributed by atoms with van der Waals surface area (Å²) < 4.78 is 14.7. The highest BCUT2D eigenvalue weighted by Crippen LogP contribution is 2.23. The van der Waals surface area contributed by atoms with Crippen LogP contribution in [0, 0.1) is 5.82 Å². The van der Waals surface area contributed by atoms with Gasteiger partial charge in [0, 0.05) is 11.8 Å². The number of carboxylic acids is 1. The SMILES string of the molecule is O=C(O)c1cccc(-c2cnn(-c3ccc(F)c(Cl)c3)c2)c1. The van der Waals surface area contributed by atoms with Gasteiger partial charge in [0.15, 0.2) is 0 Å². The fraction of sp³-hybridized carbons (Fsp3) is 0. The smallest absolute Gasteiger partial charge is 0.335 e. The average Bonchev–Trinajstić information content (AvgIpc) is 3.00. The van der Waals surface area contributed by atoms with Gasteiger partial charge in [-0.25, -0.2) is 13.9 Å². The third-order valence-corrected chi connectivity index (χ3v) is 3.48. The Bertz CT molecular complexity index is 861. The Balaban J connectivity index is 1.98. The van der Waals surface area contributed by atoms with E-state index in [9.17, 15) is 9.18 Å². The first-order valence-corrected chi connectivity index (χ1v) is 6.76. The van der Waals surface area contributed by atoms with Crippen molar-refractivity contribution < 1.29 is 14.3 Å². The number of halogens is 2. The predicted octanol–water partition coefficient (Wildman–Crippen LogP) is 4.03. The van der Waals surface area contributed by atoms with Gasteiger partial charge in [-0.05, 0) is 35.9 Å². The summed E-state index contributed by atoms with van der Waals surface area (Å²) >= 11 is 5.76. The highest BCUT2D eigenvalue weighted by atomic mass is 35.5. The summed E-state index contributed by atoms with van der Waals surface area (Å²) in [5, 5.41) is 13.2. The molecule has 0 amide bonds. The molecule has 0 saturated heterocycles. The van der Waals surface area contributed by atoms with E-state index < -0.39 is 11.8 Å². The summed E-state index contributed by atoms with van der Waals surface area (Å²) in [6.45, 7) is 0. The van der Waals surface area contributed by atoms with E-state index >= 15 is 0 Å². The van der Waals surface area contributed by atoms with Crippen molar-refractivity contribution in [2.45, 2.75) is 0 Å². The second-order valence-corrected chi connectivity index (χ2v) is 5.07. The Hall–Kier alpha value is -2.66. The van der Waals surface area contributed by atoms with Crippen molar-refractivity contribution in [2.75, 3.05) is 0 Å². The van der Waals surface area contributed by atoms with Crippen molar-refractivity contribution in [3.8, 4) is 16.8 Å². The van der Waals surface area contributed by atoms with Crippen molar-refractivity contribution in [1.29, 1.82) is 0 Å². The van der Waals surface area contributed by atoms with Crippen LogP contribution in [0.5, 0.6) is 0 Å². The molecule has 2 aromatic carbocycles. The van der Waals surface area contributed by atoms with Gasteiger partial charge >= 0.3 is 5.97 Å². The van der Waals surface area contributed by atoms with E-state index in [0.717, 1.165) is 11.1 Å². The van der Waals surface area contributed by atoms with E-state index in [1.165, 1.54) is 18.2 Å². The Morgan fingerprint density at radius 2 is 2.00 bits per heavy atom. The second kappa shape index (κ2) is 5.61. The number of aromatic nitrogens is 2. The van der Waals surface area contributed by atoms with Gasteiger partial charge in [0.05, 0.1) is 22.5 Å². The van der Waals surface area contributed by atoms with Crippen LogP contribution in [0.2, 0.25) is 5.02 Å². The summed E-state index contributed by atoms with van der Waals surface area (Å²) in [5.41, 5.74) is 2.31. The molecule has 0 aliphatic heterocycles. The number of benzene rings is 2. The van der Waals surface area contributed by atoms with E-state index in [2.05, 4.69) is 5.10 Å². The average molecular weight is 317 g/mol. The van der Waals surface area contributed by atoms with E-state index in [1.807, 2.05) is 0 Å². The molecule has 0 unspecified atom stereocenters. The maximum Gasteiger partial charge on any atom is 0.335 e. The van der Waals surface area contributed by atoms with Crippen molar-refractivity contribution in [3.63, 3.8) is 0 Å². The zero-order valence-electron chi connectivity index (χ0n) is 11.2. The molecule has 3 rings (SSSR count). The molecule has 22 heavy (non-hydrogen) atoms. The number of hydrogen-bond acceptors (Lipinski definition) is 2. The minimum atomic E-state index is -0.987. The first-order valence-electron chi connectivity index (χ1n) is 6.38. The zero-order chi connectivity index (χ0) is 15.7. The maximum absolute atomic E-state index is 13.2. The number of hydrogen-bond donors (Lipinski definition) is 1. The Morgan fingerprint density at radius 3 is 2.73 bits per heavy atom. The summed E-state index contributed by atoms with van der Waals surface area (Å²) in [7, 11) is 0. The van der Waals surface area contributed by atoms with Crippen LogP contribution in [0.3, 0.4) is 0 Å². The van der Waals surface area contributed by atoms with Gasteiger partial charge in [-0.1, -0.05) is 23.7 Å². The summed E-state index contributed by atoms with van der Waals surface area (Å²) in [5.74, 6) is -1.48. The van der Waals surface area contributed by atoms with Gasteiger partial charge in [0.25, 0.3) is 0 Å². The summed E-state index contributed by atoms with van der Waals surface area (Å²) in [6, 6.07) is 10.9. The van der Waals surface area contributed by atoms with Crippen LogP contribution in [0.25, 0.3) is 16.8 Å². The van der Waals surface area contributed by atoms with Crippen molar-refractivity contribution in [2.24, 2.45) is 0 Å². The number of rotatable bonds is 3. The fourth-order valence-corrected chi connectivity index (χ4v) is 2.25. The molecular formula is C16H10ClFN2O2. The Labute approximate surface area is 130 Å². The van der Waals surface area contributed by atoms with Crippen molar-refractivity contribution >= 4 is 17.6 Å². The van der Waals surface area contributed by atoms with Crippen molar-refractivity contribution in [3.05, 3.63) is 71.3 Å². The molecule has 0 radical (unpaired) electrons. The van der Waals surface area contributed by atoms with Crippen LogP contribution in [-0.4, -0.2) is 20.9 Å². The topological polar surface area (TPSA) is 55.1 Å². The molecule has 0 spiro atoms. The first-order chi connectivity index (χ1) is 10.5. The minimum Gasteiger partial charge on any atom is -0.478 e. The standard InChI is InChI=1S/C16H10ClFN2O2/c17-14-7-13(4-5-15(14)18)20-9-12(8-19-20)10-2-1-3-11(6-10)16(21)22/h1-9H,(H,21,22). The molecule has 0 atom stereocenters. The monoisotopic (exact) mass is 316 g/mol. The van der Waals surface area contributed by atoms with E-state index in [4.69, 9.17) is 16.7 Å². The third-order valence-electron chi connectivity index (χ3n) is 3.19. The van der Waals surface area contributed by atoms with Crippen LogP contribution in [0.15, 0.2) is 54.9 Å². The molecule has 0 bridgehead atoms. The third kappa shape index (κ3) is 2.71. The molecule has 0 fully saturated rings. The molecule has 6 heteroatoms. The van der Waals surface area contributed by atoms with E-state index in [1.54, 1.807) is 41.3 Å². The van der Waals surface area contributed by atoms with Gasteiger partial charge < -0.3 is 5.11 Å². The number of aromatic carboxylic acids is 1. The molecule has 0 aliphatic rings. The number of nitrogens with zero attached hydrogens (tertiary/aromatic N) is 2. The van der Waals surface area contributed by atoms with Crippen LogP contribution in [0.4, 0.5) is 4.39 Å². The number of carbonyl (C=O) groups is 1. The lowest BCUT2D eigenvalue weighted by Crippen LogP contribution is -1.95. The van der Waals surface area contributed by atoms with Crippen LogP contribution in [0.1, 0.15) is 10.4 Å². The van der Waals surface area contributed by atoms with Gasteiger partial charge in [0.2, 0.25) is 0 Å². The molecule has 4 nitrogen and oxygen atoms in total. The zero-order valence-corrected chi connectivity index (χ0v) is 12.0. The van der Waals surface area contributed by atoms with Crippen LogP contribution < -0.4 is 0 Å². The van der Waals surface area contributed by atoms with E-state index in [-0.39, 0.29) is 10.6 Å². The minimum absolute atomic E-state index is 0.0161. The lowest BCUT2D eigenvalue weighted by Gasteiger charge is -2.02. The van der Waals surface area contributed by atoms with Gasteiger partial charge in [-0.2, -0.15) is 5.10 Å². The highest BCUT2D eigenvalue weighted by Gasteiger charge is 2.08. The second-order valence-electron chi connectivity index (χ2n) is 4.66. The largest absolute Gasteiger partial charge is 0.478 e. The lowest BCUT2D eigenvalue weighted by atomic mass is 10.1. The lowest BCUT2D eigenvalue weighted by molar-refractivity contribution is 0.0697. The van der Waals surface area contributed by atoms with Gasteiger partial charge in [-0.15, -0.1) is 0 Å². The molecule has 1 heterocycles. The maximum atomic E-state index is 13.2. The Morgan fingerprint density at radius 1 is 1.18 bits per heavy atom. The summed E-state index contributed by atoms with van der Waals surface area (Å²) in [6.07, 6.45) is 3.34. The van der Waals surface area contributed by atoms with Gasteiger partial charge in [-0.3, -0.25) is 0 Å². The molecular weight excluding hydrogens is 307 g/mol. The fourth-order valence-electron chi connectivity index (χ4n) is 2.07. The van der Waals surface area contributed by atoms with Crippen LogP contribution in [-0.2, 0) is 0 Å². The molecule has 0 aliphatic carbocycles. The van der Waals surface area contributed by atoms with Crippen LogP contribution >= 0.6 is 11.6 Å². The predicted molar refractivity (Wildman–Crippen MR) is 80.9 cm³/mol. The Kier molecular flexibility index (Phi) is 3.65. The van der Waals surface area contributed by atoms with E-state index in [0.29, 0.717) is 5.69 Å². The first kappa shape index (κ1) is 14.3. The van der Waals surface area contributed by atoms with Gasteiger partial charge in [0.1, 0.15) is 5.82 Å². The van der Waals surface area contributed by atoms with Crippen molar-refractivity contribution in [1.82, 2.24) is 9.78 Å². The quantitative estimate of drug-likeness (QED) is 0.793. The molecule has 0 saturated carbocycles. The summed E-state index contributed by atoms with van der Waals surface area (Å²) in [4.78, 5) is 11.0. The molecule has 110 valence electrons. The normalized spacial score (nSPS) is 10.6. The number of carboxylic acid groups (broad SMARTS) is 1. The molecule has 1 N–H and O–H groups in total. The molecule has 3 aromatic rings. The highest BCUT2D eigenvalue weighted by molar-refractivity contribution is 6.30.